The van der Waals surface area contributed by atoms with E-state index in [2.05, 4.69) is 15.4 Å². The van der Waals surface area contributed by atoms with Crippen LogP contribution in [-0.4, -0.2) is 32.2 Å². The summed E-state index contributed by atoms with van der Waals surface area (Å²) in [6.07, 6.45) is 0. The number of rotatable bonds is 5. The molecular weight excluding hydrogens is 454 g/mol. The van der Waals surface area contributed by atoms with Crippen molar-refractivity contribution in [2.45, 2.75) is 13.5 Å². The molecule has 0 saturated heterocycles. The van der Waals surface area contributed by atoms with Gasteiger partial charge in [0.05, 0.1) is 24.7 Å². The van der Waals surface area contributed by atoms with E-state index in [0.717, 1.165) is 11.1 Å². The molecular formula is C25H20ClN5O3. The molecule has 0 saturated carbocycles. The van der Waals surface area contributed by atoms with Gasteiger partial charge in [-0.3, -0.25) is 14.2 Å². The second-order valence-corrected chi connectivity index (χ2v) is 8.30. The average Bonchev–Trinajstić information content (AvgIpc) is 3.29. The fraction of sp³-hybridized carbons (Fsp3) is 0.120. The quantitative estimate of drug-likeness (QED) is 0.410. The molecule has 0 aliphatic heterocycles. The number of nitrogens with one attached hydrogen (secondary N) is 1. The van der Waals surface area contributed by atoms with Crippen LogP contribution in [0.25, 0.3) is 16.7 Å². The molecule has 34 heavy (non-hydrogen) atoms. The van der Waals surface area contributed by atoms with E-state index in [1.54, 1.807) is 48.1 Å². The van der Waals surface area contributed by atoms with E-state index < -0.39 is 5.91 Å². The average molecular weight is 474 g/mol. The summed E-state index contributed by atoms with van der Waals surface area (Å²) < 4.78 is 8.20. The van der Waals surface area contributed by atoms with E-state index >= 15 is 0 Å². The van der Waals surface area contributed by atoms with Gasteiger partial charge in [-0.15, -0.1) is 5.10 Å². The molecule has 5 aromatic rings. The number of hydrogen-bond donors (Lipinski definition) is 1. The van der Waals surface area contributed by atoms with Gasteiger partial charge < -0.3 is 10.1 Å². The SMILES string of the molecule is COc1ccc(NC(=O)c2nc3c(=O)n(Cc4ccc(Cl)cc4)c4cc(C)ccc4n3n2)cc1. The molecule has 1 amide bonds. The van der Waals surface area contributed by atoms with Crippen molar-refractivity contribution in [2.75, 3.05) is 12.4 Å². The first-order chi connectivity index (χ1) is 16.4. The number of nitrogens with zero attached hydrogens (tertiary/aromatic N) is 4. The third-order valence-electron chi connectivity index (χ3n) is 5.50. The Morgan fingerprint density at radius 2 is 1.76 bits per heavy atom. The van der Waals surface area contributed by atoms with Gasteiger partial charge in [0.15, 0.2) is 0 Å². The first kappa shape index (κ1) is 21.7. The molecule has 8 nitrogen and oxygen atoms in total. The maximum Gasteiger partial charge on any atom is 0.296 e. The van der Waals surface area contributed by atoms with Crippen molar-refractivity contribution in [1.29, 1.82) is 0 Å². The molecule has 5 rings (SSSR count). The molecule has 170 valence electrons. The molecule has 0 bridgehead atoms. The summed E-state index contributed by atoms with van der Waals surface area (Å²) in [4.78, 5) is 30.6. The number of halogens is 1. The van der Waals surface area contributed by atoms with E-state index in [4.69, 9.17) is 16.3 Å². The summed E-state index contributed by atoms with van der Waals surface area (Å²) in [5, 5.41) is 7.73. The van der Waals surface area contributed by atoms with Crippen LogP contribution in [0.15, 0.2) is 71.5 Å². The van der Waals surface area contributed by atoms with Gasteiger partial charge in [-0.05, 0) is 66.6 Å². The Labute approximate surface area is 199 Å². The molecule has 0 aliphatic rings. The lowest BCUT2D eigenvalue weighted by molar-refractivity contribution is 0.101. The number of hydrogen-bond acceptors (Lipinski definition) is 5. The van der Waals surface area contributed by atoms with Crippen LogP contribution < -0.4 is 15.6 Å². The number of aromatic nitrogens is 4. The molecule has 0 fully saturated rings. The summed E-state index contributed by atoms with van der Waals surface area (Å²) >= 11 is 6.01. The molecule has 2 heterocycles. The highest BCUT2D eigenvalue weighted by Crippen LogP contribution is 2.19. The summed E-state index contributed by atoms with van der Waals surface area (Å²) in [5.41, 5.74) is 3.56. The van der Waals surface area contributed by atoms with Crippen LogP contribution in [0.2, 0.25) is 5.02 Å². The molecule has 0 atom stereocenters. The normalized spacial score (nSPS) is 11.1. The number of carbonyl (C=O) groups is 1. The van der Waals surface area contributed by atoms with Gasteiger partial charge >= 0.3 is 0 Å². The van der Waals surface area contributed by atoms with Gasteiger partial charge in [0, 0.05) is 10.7 Å². The minimum absolute atomic E-state index is 0.0743. The Hall–Kier alpha value is -4.17. The lowest BCUT2D eigenvalue weighted by Crippen LogP contribution is -2.24. The van der Waals surface area contributed by atoms with E-state index in [0.29, 0.717) is 34.0 Å². The van der Waals surface area contributed by atoms with Crippen molar-refractivity contribution in [3.63, 3.8) is 0 Å². The molecule has 0 aliphatic carbocycles. The number of aryl methyl sites for hydroxylation is 1. The van der Waals surface area contributed by atoms with Gasteiger partial charge in [-0.1, -0.05) is 29.8 Å². The van der Waals surface area contributed by atoms with Crippen LogP contribution in [0.5, 0.6) is 5.75 Å². The van der Waals surface area contributed by atoms with Crippen LogP contribution in [-0.2, 0) is 6.54 Å². The molecule has 0 spiro atoms. The van der Waals surface area contributed by atoms with E-state index in [1.165, 1.54) is 4.52 Å². The van der Waals surface area contributed by atoms with Crippen molar-refractivity contribution < 1.29 is 9.53 Å². The van der Waals surface area contributed by atoms with E-state index in [9.17, 15) is 9.59 Å². The van der Waals surface area contributed by atoms with Gasteiger partial charge in [0.25, 0.3) is 11.5 Å². The predicted molar refractivity (Wildman–Crippen MR) is 131 cm³/mol. The minimum atomic E-state index is -0.516. The standard InChI is InChI=1S/C25H20ClN5O3/c1-15-3-12-20-21(13-15)30(14-16-4-6-17(26)7-5-16)25(33)23-28-22(29-31(20)23)24(32)27-18-8-10-19(34-2)11-9-18/h3-13H,14H2,1-2H3,(H,27,32). The second-order valence-electron chi connectivity index (χ2n) is 7.86. The molecule has 3 aromatic carbocycles. The number of anilines is 1. The Bertz CT molecular complexity index is 1590. The van der Waals surface area contributed by atoms with Gasteiger partial charge in [-0.2, -0.15) is 4.98 Å². The van der Waals surface area contributed by atoms with Gasteiger partial charge in [0.2, 0.25) is 11.5 Å². The number of fused-ring (bicyclic) bond motifs is 3. The smallest absolute Gasteiger partial charge is 0.296 e. The van der Waals surface area contributed by atoms with Crippen molar-refractivity contribution in [1.82, 2.24) is 19.2 Å². The summed E-state index contributed by atoms with van der Waals surface area (Å²) in [6.45, 7) is 2.28. The third-order valence-corrected chi connectivity index (χ3v) is 5.75. The molecule has 0 radical (unpaired) electrons. The number of methoxy groups -OCH3 is 1. The van der Waals surface area contributed by atoms with Crippen LogP contribution in [0.1, 0.15) is 21.7 Å². The van der Waals surface area contributed by atoms with Gasteiger partial charge in [-0.25, -0.2) is 4.52 Å². The van der Waals surface area contributed by atoms with Crippen LogP contribution in [0.3, 0.4) is 0 Å². The predicted octanol–water partition coefficient (Wildman–Crippen LogP) is 4.32. The molecule has 2 aromatic heterocycles. The highest BCUT2D eigenvalue weighted by atomic mass is 35.5. The second kappa shape index (κ2) is 8.64. The molecule has 9 heteroatoms. The topological polar surface area (TPSA) is 90.5 Å². The number of amides is 1. The first-order valence-corrected chi connectivity index (χ1v) is 10.9. The largest absolute Gasteiger partial charge is 0.497 e. The highest BCUT2D eigenvalue weighted by molar-refractivity contribution is 6.30. The lowest BCUT2D eigenvalue weighted by atomic mass is 10.2. The number of ether oxygens (including phenoxy) is 1. The van der Waals surface area contributed by atoms with Crippen LogP contribution >= 0.6 is 11.6 Å². The van der Waals surface area contributed by atoms with E-state index in [1.807, 2.05) is 37.3 Å². The zero-order chi connectivity index (χ0) is 23.8. The Balaban J connectivity index is 1.60. The maximum absolute atomic E-state index is 13.5. The fourth-order valence-corrected chi connectivity index (χ4v) is 3.89. The van der Waals surface area contributed by atoms with Crippen molar-refractivity contribution in [3.8, 4) is 5.75 Å². The summed E-state index contributed by atoms with van der Waals surface area (Å²) in [6, 6.07) is 19.9. The summed E-state index contributed by atoms with van der Waals surface area (Å²) in [5.74, 6) is 0.0590. The van der Waals surface area contributed by atoms with Gasteiger partial charge in [0.1, 0.15) is 5.75 Å². The fourth-order valence-electron chi connectivity index (χ4n) is 3.76. The Kier molecular flexibility index (Phi) is 5.51. The Morgan fingerprint density at radius 3 is 2.47 bits per heavy atom. The Morgan fingerprint density at radius 1 is 1.03 bits per heavy atom. The monoisotopic (exact) mass is 473 g/mol. The zero-order valence-corrected chi connectivity index (χ0v) is 19.2. The highest BCUT2D eigenvalue weighted by Gasteiger charge is 2.19. The van der Waals surface area contributed by atoms with Crippen molar-refractivity contribution in [2.24, 2.45) is 0 Å². The first-order valence-electron chi connectivity index (χ1n) is 10.5. The number of benzene rings is 3. The van der Waals surface area contributed by atoms with Crippen LogP contribution in [0.4, 0.5) is 5.69 Å². The summed E-state index contributed by atoms with van der Waals surface area (Å²) in [7, 11) is 1.57. The zero-order valence-electron chi connectivity index (χ0n) is 18.4. The lowest BCUT2D eigenvalue weighted by Gasteiger charge is -2.12. The molecule has 0 unspecified atom stereocenters. The van der Waals surface area contributed by atoms with E-state index in [-0.39, 0.29) is 17.0 Å². The van der Waals surface area contributed by atoms with Crippen LogP contribution in [0, 0.1) is 6.92 Å². The third kappa shape index (κ3) is 3.99. The van der Waals surface area contributed by atoms with Crippen molar-refractivity contribution >= 4 is 39.9 Å². The number of carbonyl (C=O) groups excluding carboxylic acids is 1. The van der Waals surface area contributed by atoms with Crippen molar-refractivity contribution in [3.05, 3.63) is 99.1 Å². The maximum atomic E-state index is 13.5. The minimum Gasteiger partial charge on any atom is -0.497 e. The molecule has 1 N–H and O–H groups in total.